The van der Waals surface area contributed by atoms with Gasteiger partial charge in [-0.2, -0.15) is 0 Å². The Bertz CT molecular complexity index is 418. The van der Waals surface area contributed by atoms with Gasteiger partial charge in [0.2, 0.25) is 0 Å². The first-order chi connectivity index (χ1) is 8.08. The van der Waals surface area contributed by atoms with Gasteiger partial charge in [-0.15, -0.1) is 0 Å². The Morgan fingerprint density at radius 3 is 2.41 bits per heavy atom. The summed E-state index contributed by atoms with van der Waals surface area (Å²) in [7, 11) is 0. The number of benzene rings is 1. The summed E-state index contributed by atoms with van der Waals surface area (Å²) in [6, 6.07) is 5.96. The van der Waals surface area contributed by atoms with Gasteiger partial charge in [0, 0.05) is 17.4 Å². The largest absolute Gasteiger partial charge is 0.351 e. The van der Waals surface area contributed by atoms with Gasteiger partial charge in [-0.05, 0) is 43.2 Å². The van der Waals surface area contributed by atoms with Crippen molar-refractivity contribution in [1.82, 2.24) is 5.32 Å². The summed E-state index contributed by atoms with van der Waals surface area (Å²) in [5.74, 6) is 0.0628. The fraction of sp³-hybridized carbons (Fsp3) is 0.500. The molecule has 1 saturated carbocycles. The van der Waals surface area contributed by atoms with Crippen LogP contribution in [0.2, 0.25) is 0 Å². The highest BCUT2D eigenvalue weighted by molar-refractivity contribution is 9.09. The Morgan fingerprint density at radius 2 is 1.94 bits per heavy atom. The summed E-state index contributed by atoms with van der Waals surface area (Å²) >= 11 is 3.52. The first-order valence-corrected chi connectivity index (χ1v) is 7.10. The van der Waals surface area contributed by atoms with Crippen LogP contribution in [-0.4, -0.2) is 17.8 Å². The Kier molecular flexibility index (Phi) is 3.57. The molecule has 2 rings (SSSR count). The second kappa shape index (κ2) is 4.81. The topological polar surface area (TPSA) is 29.1 Å². The molecule has 0 unspecified atom stereocenters. The monoisotopic (exact) mass is 295 g/mol. The number of amides is 1. The molecule has 17 heavy (non-hydrogen) atoms. The van der Waals surface area contributed by atoms with Crippen LogP contribution in [0.4, 0.5) is 0 Å². The van der Waals surface area contributed by atoms with Crippen molar-refractivity contribution >= 4 is 21.8 Å². The molecule has 0 atom stereocenters. The third-order valence-corrected chi connectivity index (χ3v) is 4.76. The zero-order valence-electron chi connectivity index (χ0n) is 10.3. The molecule has 0 heterocycles. The van der Waals surface area contributed by atoms with Crippen LogP contribution in [0.5, 0.6) is 0 Å². The van der Waals surface area contributed by atoms with Crippen molar-refractivity contribution in [3.05, 3.63) is 34.9 Å². The number of alkyl halides is 1. The molecule has 1 aromatic rings. The van der Waals surface area contributed by atoms with E-state index in [1.807, 2.05) is 32.0 Å². The van der Waals surface area contributed by atoms with E-state index in [0.29, 0.717) is 5.41 Å². The van der Waals surface area contributed by atoms with E-state index in [4.69, 9.17) is 0 Å². The molecule has 1 aliphatic rings. The molecule has 1 N–H and O–H groups in total. The van der Waals surface area contributed by atoms with E-state index in [2.05, 4.69) is 21.2 Å². The first-order valence-electron chi connectivity index (χ1n) is 5.98. The molecule has 0 saturated heterocycles. The smallest absolute Gasteiger partial charge is 0.251 e. The molecule has 0 spiro atoms. The van der Waals surface area contributed by atoms with Crippen LogP contribution in [0, 0.1) is 19.3 Å². The van der Waals surface area contributed by atoms with Gasteiger partial charge in [0.15, 0.2) is 0 Å². The summed E-state index contributed by atoms with van der Waals surface area (Å²) in [5, 5.41) is 4.04. The number of carbonyl (C=O) groups is 1. The van der Waals surface area contributed by atoms with Crippen LogP contribution >= 0.6 is 15.9 Å². The number of hydrogen-bond donors (Lipinski definition) is 1. The van der Waals surface area contributed by atoms with E-state index in [0.717, 1.165) is 28.6 Å². The number of rotatable bonds is 4. The maximum atomic E-state index is 12.2. The summed E-state index contributed by atoms with van der Waals surface area (Å²) < 4.78 is 0. The summed E-state index contributed by atoms with van der Waals surface area (Å²) in [5.41, 5.74) is 3.25. The number of hydrogen-bond acceptors (Lipinski definition) is 1. The molecular weight excluding hydrogens is 278 g/mol. The average molecular weight is 296 g/mol. The number of nitrogens with one attached hydrogen (secondary N) is 1. The molecule has 1 fully saturated rings. The van der Waals surface area contributed by atoms with Crippen LogP contribution < -0.4 is 5.32 Å². The van der Waals surface area contributed by atoms with E-state index in [-0.39, 0.29) is 5.91 Å². The van der Waals surface area contributed by atoms with Crippen LogP contribution in [0.25, 0.3) is 0 Å². The van der Waals surface area contributed by atoms with E-state index < -0.39 is 0 Å². The molecule has 92 valence electrons. The fourth-order valence-corrected chi connectivity index (χ4v) is 2.82. The first kappa shape index (κ1) is 12.6. The fourth-order valence-electron chi connectivity index (χ4n) is 2.06. The van der Waals surface area contributed by atoms with Gasteiger partial charge >= 0.3 is 0 Å². The van der Waals surface area contributed by atoms with Gasteiger partial charge in [0.25, 0.3) is 5.91 Å². The minimum Gasteiger partial charge on any atom is -0.351 e. The zero-order valence-corrected chi connectivity index (χ0v) is 11.9. The van der Waals surface area contributed by atoms with Crippen LogP contribution in [0.1, 0.15) is 34.3 Å². The molecule has 0 radical (unpaired) electrons. The normalized spacial score (nSPS) is 16.6. The van der Waals surface area contributed by atoms with Crippen molar-refractivity contribution in [1.29, 1.82) is 0 Å². The molecule has 1 aliphatic carbocycles. The van der Waals surface area contributed by atoms with Gasteiger partial charge in [0.05, 0.1) is 0 Å². The van der Waals surface area contributed by atoms with Gasteiger partial charge in [-0.25, -0.2) is 0 Å². The lowest BCUT2D eigenvalue weighted by Gasteiger charge is -2.14. The highest BCUT2D eigenvalue weighted by Crippen LogP contribution is 2.46. The second-order valence-corrected chi connectivity index (χ2v) is 5.64. The van der Waals surface area contributed by atoms with Crippen molar-refractivity contribution in [3.63, 3.8) is 0 Å². The predicted molar refractivity (Wildman–Crippen MR) is 73.7 cm³/mol. The summed E-state index contributed by atoms with van der Waals surface area (Å²) in [6.45, 7) is 4.75. The van der Waals surface area contributed by atoms with Crippen molar-refractivity contribution in [3.8, 4) is 0 Å². The van der Waals surface area contributed by atoms with Crippen molar-refractivity contribution in [2.24, 2.45) is 5.41 Å². The van der Waals surface area contributed by atoms with Crippen LogP contribution in [0.3, 0.4) is 0 Å². The van der Waals surface area contributed by atoms with Crippen molar-refractivity contribution in [2.75, 3.05) is 11.9 Å². The highest BCUT2D eigenvalue weighted by atomic mass is 79.9. The second-order valence-electron chi connectivity index (χ2n) is 5.08. The third-order valence-electron chi connectivity index (χ3n) is 3.57. The molecule has 1 amide bonds. The van der Waals surface area contributed by atoms with Gasteiger partial charge in [-0.3, -0.25) is 4.79 Å². The molecule has 3 heteroatoms. The highest BCUT2D eigenvalue weighted by Gasteiger charge is 2.41. The average Bonchev–Trinajstić information content (AvgIpc) is 3.07. The lowest BCUT2D eigenvalue weighted by Crippen LogP contribution is -2.31. The lowest BCUT2D eigenvalue weighted by atomic mass is 10.0. The third kappa shape index (κ3) is 2.71. The Balaban J connectivity index is 2.05. The minimum absolute atomic E-state index is 0.0628. The summed E-state index contributed by atoms with van der Waals surface area (Å²) in [4.78, 5) is 12.2. The molecule has 0 aromatic heterocycles. The number of aryl methyl sites for hydroxylation is 2. The Morgan fingerprint density at radius 1 is 1.35 bits per heavy atom. The maximum Gasteiger partial charge on any atom is 0.251 e. The quantitative estimate of drug-likeness (QED) is 0.849. The zero-order chi connectivity index (χ0) is 12.5. The van der Waals surface area contributed by atoms with Gasteiger partial charge < -0.3 is 5.32 Å². The Labute approximate surface area is 111 Å². The maximum absolute atomic E-state index is 12.2. The predicted octanol–water partition coefficient (Wildman–Crippen LogP) is 3.21. The van der Waals surface area contributed by atoms with Gasteiger partial charge in [-0.1, -0.05) is 34.1 Å². The van der Waals surface area contributed by atoms with Gasteiger partial charge in [0.1, 0.15) is 0 Å². The number of halogens is 1. The molecule has 0 aliphatic heterocycles. The van der Waals surface area contributed by atoms with E-state index in [9.17, 15) is 4.79 Å². The molecule has 1 aromatic carbocycles. The van der Waals surface area contributed by atoms with Crippen molar-refractivity contribution < 1.29 is 4.79 Å². The van der Waals surface area contributed by atoms with E-state index in [1.54, 1.807) is 0 Å². The number of carbonyl (C=O) groups excluding carboxylic acids is 1. The van der Waals surface area contributed by atoms with Crippen molar-refractivity contribution in [2.45, 2.75) is 26.7 Å². The van der Waals surface area contributed by atoms with Crippen LogP contribution in [-0.2, 0) is 0 Å². The Hall–Kier alpha value is -0.830. The van der Waals surface area contributed by atoms with Crippen LogP contribution in [0.15, 0.2) is 18.2 Å². The SMILES string of the molecule is Cc1cccc(C)c1C(=O)NCC1(CBr)CC1. The standard InChI is InChI=1S/C14H18BrNO/c1-10-4-3-5-11(2)12(10)13(17)16-9-14(8-15)6-7-14/h3-5H,6-9H2,1-2H3,(H,16,17). The molecular formula is C14H18BrNO. The minimum atomic E-state index is 0.0628. The summed E-state index contributed by atoms with van der Waals surface area (Å²) in [6.07, 6.45) is 2.43. The lowest BCUT2D eigenvalue weighted by molar-refractivity contribution is 0.0945. The van der Waals surface area contributed by atoms with E-state index in [1.165, 1.54) is 12.8 Å². The molecule has 0 bridgehead atoms. The van der Waals surface area contributed by atoms with E-state index >= 15 is 0 Å². The molecule has 2 nitrogen and oxygen atoms in total.